The zero-order chi connectivity index (χ0) is 18.7. The number of amides is 1. The maximum Gasteiger partial charge on any atom is 0.227 e. The molecule has 7 heteroatoms. The summed E-state index contributed by atoms with van der Waals surface area (Å²) in [5, 5.41) is 5.10. The predicted molar refractivity (Wildman–Crippen MR) is 113 cm³/mol. The van der Waals surface area contributed by atoms with Crippen LogP contribution in [-0.2, 0) is 4.79 Å². The maximum absolute atomic E-state index is 12.7. The molecule has 1 atom stereocenters. The highest BCUT2D eigenvalue weighted by Gasteiger charge is 2.29. The lowest BCUT2D eigenvalue weighted by Gasteiger charge is -2.36. The van der Waals surface area contributed by atoms with E-state index in [0.717, 1.165) is 53.4 Å². The Labute approximate surface area is 164 Å². The molecule has 2 aromatic rings. The first kappa shape index (κ1) is 19.0. The van der Waals surface area contributed by atoms with E-state index in [9.17, 15) is 4.79 Å². The van der Waals surface area contributed by atoms with Crippen molar-refractivity contribution in [2.45, 2.75) is 33.6 Å². The van der Waals surface area contributed by atoms with Gasteiger partial charge in [-0.3, -0.25) is 4.79 Å². The van der Waals surface area contributed by atoms with E-state index < -0.39 is 0 Å². The quantitative estimate of drug-likeness (QED) is 0.803. The van der Waals surface area contributed by atoms with E-state index in [2.05, 4.69) is 21.3 Å². The fourth-order valence-corrected chi connectivity index (χ4v) is 4.63. The third-order valence-corrected chi connectivity index (χ3v) is 6.17. The third kappa shape index (κ3) is 4.15. The van der Waals surface area contributed by atoms with Crippen molar-refractivity contribution < 1.29 is 4.79 Å². The van der Waals surface area contributed by atoms with Crippen LogP contribution in [-0.4, -0.2) is 52.0 Å². The first-order chi connectivity index (χ1) is 12.5. The van der Waals surface area contributed by atoms with Crippen LogP contribution in [0.4, 0.5) is 5.69 Å². The first-order valence-corrected chi connectivity index (χ1v) is 10.5. The smallest absolute Gasteiger partial charge is 0.227 e. The van der Waals surface area contributed by atoms with Crippen LogP contribution in [0.25, 0.3) is 10.2 Å². The predicted octanol–water partition coefficient (Wildman–Crippen LogP) is 3.88. The molecule has 1 amide bonds. The number of piperidine rings is 1. The number of fused-ring (bicyclic) bond motifs is 1. The highest BCUT2D eigenvalue weighted by molar-refractivity contribution is 7.80. The van der Waals surface area contributed by atoms with Crippen molar-refractivity contribution in [2.24, 2.45) is 5.92 Å². The summed E-state index contributed by atoms with van der Waals surface area (Å²) in [6, 6.07) is 6.12. The molecule has 26 heavy (non-hydrogen) atoms. The molecule has 1 aliphatic rings. The number of carbonyl (C=O) groups is 1. The van der Waals surface area contributed by atoms with E-state index >= 15 is 0 Å². The second kappa shape index (κ2) is 8.31. The molecule has 1 aromatic carbocycles. The third-order valence-electron chi connectivity index (χ3n) is 4.88. The summed E-state index contributed by atoms with van der Waals surface area (Å²) >= 11 is 7.31. The van der Waals surface area contributed by atoms with E-state index in [1.807, 2.05) is 37.8 Å². The molecule has 2 heterocycles. The van der Waals surface area contributed by atoms with Crippen LogP contribution in [0.1, 0.15) is 31.7 Å². The van der Waals surface area contributed by atoms with Gasteiger partial charge < -0.3 is 15.1 Å². The van der Waals surface area contributed by atoms with Crippen molar-refractivity contribution in [3.63, 3.8) is 0 Å². The summed E-state index contributed by atoms with van der Waals surface area (Å²) in [5.41, 5.74) is 2.00. The van der Waals surface area contributed by atoms with Crippen LogP contribution in [0.15, 0.2) is 18.2 Å². The second-order valence-corrected chi connectivity index (χ2v) is 8.26. The standard InChI is InChI=1S/C19H26N4OS2/c1-4-22(5-2)18(24)14-7-6-10-23(12-14)19(25)21-15-8-9-16-17(11-15)26-13(3)20-16/h8-9,11,14H,4-7,10,12H2,1-3H3,(H,21,25)/t14-/m1/s1. The molecule has 140 valence electrons. The van der Waals surface area contributed by atoms with E-state index in [4.69, 9.17) is 12.2 Å². The maximum atomic E-state index is 12.7. The number of nitrogens with one attached hydrogen (secondary N) is 1. The number of benzene rings is 1. The fraction of sp³-hybridized carbons (Fsp3) is 0.526. The monoisotopic (exact) mass is 390 g/mol. The summed E-state index contributed by atoms with van der Waals surface area (Å²) in [4.78, 5) is 21.2. The SMILES string of the molecule is CCN(CC)C(=O)[C@@H]1CCCN(C(=S)Nc2ccc3nc(C)sc3c2)C1. The van der Waals surface area contributed by atoms with Crippen molar-refractivity contribution in [1.29, 1.82) is 0 Å². The lowest BCUT2D eigenvalue weighted by atomic mass is 9.96. The molecule has 5 nitrogen and oxygen atoms in total. The number of anilines is 1. The number of nitrogens with zero attached hydrogens (tertiary/aromatic N) is 3. The zero-order valence-electron chi connectivity index (χ0n) is 15.6. The average Bonchev–Trinajstić information content (AvgIpc) is 3.02. The van der Waals surface area contributed by atoms with Crippen LogP contribution in [0.3, 0.4) is 0 Å². The highest BCUT2D eigenvalue weighted by Crippen LogP contribution is 2.25. The Balaban J connectivity index is 1.65. The van der Waals surface area contributed by atoms with Gasteiger partial charge >= 0.3 is 0 Å². The molecule has 1 saturated heterocycles. The normalized spacial score (nSPS) is 17.3. The van der Waals surface area contributed by atoms with Gasteiger partial charge in [0.15, 0.2) is 5.11 Å². The van der Waals surface area contributed by atoms with Gasteiger partial charge in [-0.1, -0.05) is 0 Å². The number of hydrogen-bond acceptors (Lipinski definition) is 4. The van der Waals surface area contributed by atoms with Crippen LogP contribution in [0.2, 0.25) is 0 Å². The van der Waals surface area contributed by atoms with Gasteiger partial charge in [-0.15, -0.1) is 11.3 Å². The van der Waals surface area contributed by atoms with Crippen LogP contribution < -0.4 is 5.32 Å². The van der Waals surface area contributed by atoms with Gasteiger partial charge in [-0.05, 0) is 64.0 Å². The zero-order valence-corrected chi connectivity index (χ0v) is 17.3. The Bertz CT molecular complexity index is 800. The Kier molecular flexibility index (Phi) is 6.09. The molecule has 0 saturated carbocycles. The van der Waals surface area contributed by atoms with E-state index in [-0.39, 0.29) is 11.8 Å². The Morgan fingerprint density at radius 2 is 2.19 bits per heavy atom. The summed E-state index contributed by atoms with van der Waals surface area (Å²) in [5.74, 6) is 0.291. The van der Waals surface area contributed by atoms with Crippen LogP contribution in [0, 0.1) is 12.8 Å². The summed E-state index contributed by atoms with van der Waals surface area (Å²) in [6.07, 6.45) is 1.94. The van der Waals surface area contributed by atoms with E-state index in [1.54, 1.807) is 11.3 Å². The fourth-order valence-electron chi connectivity index (χ4n) is 3.48. The van der Waals surface area contributed by atoms with Gasteiger partial charge in [0.25, 0.3) is 0 Å². The molecule has 1 N–H and O–H groups in total. The lowest BCUT2D eigenvalue weighted by molar-refractivity contribution is -0.136. The molecule has 0 aliphatic carbocycles. The number of carbonyl (C=O) groups excluding carboxylic acids is 1. The van der Waals surface area contributed by atoms with Gasteiger partial charge in [0.05, 0.1) is 21.1 Å². The lowest BCUT2D eigenvalue weighted by Crippen LogP contribution is -2.47. The molecule has 3 rings (SSSR count). The average molecular weight is 391 g/mol. The topological polar surface area (TPSA) is 48.5 Å². The molecule has 0 spiro atoms. The second-order valence-electron chi connectivity index (χ2n) is 6.64. The Hall–Kier alpha value is -1.73. The van der Waals surface area contributed by atoms with E-state index in [1.165, 1.54) is 0 Å². The van der Waals surface area contributed by atoms with Gasteiger partial charge in [-0.2, -0.15) is 0 Å². The number of rotatable bonds is 4. The van der Waals surface area contributed by atoms with Gasteiger partial charge in [0.2, 0.25) is 5.91 Å². The van der Waals surface area contributed by atoms with Crippen molar-refractivity contribution in [2.75, 3.05) is 31.5 Å². The molecule has 1 aromatic heterocycles. The molecule has 0 unspecified atom stereocenters. The number of aryl methyl sites for hydroxylation is 1. The highest BCUT2D eigenvalue weighted by atomic mass is 32.1. The first-order valence-electron chi connectivity index (χ1n) is 9.23. The molecule has 0 radical (unpaired) electrons. The molecule has 1 aliphatic heterocycles. The van der Waals surface area contributed by atoms with Gasteiger partial charge in [0.1, 0.15) is 0 Å². The summed E-state index contributed by atoms with van der Waals surface area (Å²) in [6.45, 7) is 9.21. The number of thiazole rings is 1. The summed E-state index contributed by atoms with van der Waals surface area (Å²) < 4.78 is 1.16. The molecule has 1 fully saturated rings. The van der Waals surface area contributed by atoms with Crippen molar-refractivity contribution in [1.82, 2.24) is 14.8 Å². The van der Waals surface area contributed by atoms with Crippen LogP contribution in [0.5, 0.6) is 0 Å². The minimum absolute atomic E-state index is 0.0371. The van der Waals surface area contributed by atoms with Gasteiger partial charge in [-0.25, -0.2) is 4.98 Å². The largest absolute Gasteiger partial charge is 0.348 e. The minimum atomic E-state index is 0.0371. The number of thiocarbonyl (C=S) groups is 1. The number of hydrogen-bond donors (Lipinski definition) is 1. The van der Waals surface area contributed by atoms with Crippen molar-refractivity contribution in [3.8, 4) is 0 Å². The number of aromatic nitrogens is 1. The number of likely N-dealkylation sites (tertiary alicyclic amines) is 1. The minimum Gasteiger partial charge on any atom is -0.348 e. The summed E-state index contributed by atoms with van der Waals surface area (Å²) in [7, 11) is 0. The van der Waals surface area contributed by atoms with Crippen molar-refractivity contribution in [3.05, 3.63) is 23.2 Å². The Morgan fingerprint density at radius 1 is 1.42 bits per heavy atom. The Morgan fingerprint density at radius 3 is 2.92 bits per heavy atom. The van der Waals surface area contributed by atoms with Gasteiger partial charge in [0, 0.05) is 31.9 Å². The van der Waals surface area contributed by atoms with E-state index in [0.29, 0.717) is 11.7 Å². The molecular formula is C19H26N4OS2. The van der Waals surface area contributed by atoms with Crippen LogP contribution >= 0.6 is 23.6 Å². The van der Waals surface area contributed by atoms with Crippen molar-refractivity contribution >= 4 is 50.5 Å². The molecule has 0 bridgehead atoms. The molecular weight excluding hydrogens is 364 g/mol.